The summed E-state index contributed by atoms with van der Waals surface area (Å²) in [5, 5.41) is 3.73. The fraction of sp³-hybridized carbons (Fsp3) is 0.294. The van der Waals surface area contributed by atoms with Crippen molar-refractivity contribution in [1.29, 1.82) is 0 Å². The molecule has 2 rings (SSSR count). The molecule has 0 aliphatic rings. The molecule has 0 bridgehead atoms. The van der Waals surface area contributed by atoms with Crippen LogP contribution in [0, 0.1) is 0 Å². The third kappa shape index (κ3) is 3.75. The number of para-hydroxylation sites is 1. The van der Waals surface area contributed by atoms with Gasteiger partial charge in [-0.15, -0.1) is 0 Å². The summed E-state index contributed by atoms with van der Waals surface area (Å²) in [5.41, 5.74) is 2.83. The van der Waals surface area contributed by atoms with Crippen molar-refractivity contribution in [3.05, 3.63) is 47.7 Å². The highest BCUT2D eigenvalue weighted by molar-refractivity contribution is 5.92. The molecule has 1 heterocycles. The van der Waals surface area contributed by atoms with Gasteiger partial charge in [-0.3, -0.25) is 4.79 Å². The minimum atomic E-state index is -0.715. The van der Waals surface area contributed by atoms with E-state index < -0.39 is 12.0 Å². The van der Waals surface area contributed by atoms with Gasteiger partial charge in [-0.25, -0.2) is 4.79 Å². The average molecular weight is 300 g/mol. The summed E-state index contributed by atoms with van der Waals surface area (Å²) < 4.78 is 4.79. The number of esters is 1. The summed E-state index contributed by atoms with van der Waals surface area (Å²) >= 11 is 0. The van der Waals surface area contributed by atoms with E-state index in [4.69, 9.17) is 4.74 Å². The molecule has 1 unspecified atom stereocenters. The highest BCUT2D eigenvalue weighted by Gasteiger charge is 2.22. The number of carbonyl (C=O) groups is 2. The number of allylic oxidation sites excluding steroid dienone is 1. The van der Waals surface area contributed by atoms with E-state index in [2.05, 4.69) is 10.3 Å². The lowest BCUT2D eigenvalue weighted by Crippen LogP contribution is -2.42. The topological polar surface area (TPSA) is 71.2 Å². The standard InChI is InChI=1S/C17H20N2O3/c1-11(2)8-16(20)19-15(17(21)22-3)9-12-10-18-14-7-5-4-6-13(12)14/h4-8,10,15,18H,9H2,1-3H3,(H,19,20). The smallest absolute Gasteiger partial charge is 0.328 e. The molecular weight excluding hydrogens is 280 g/mol. The number of rotatable bonds is 5. The van der Waals surface area contributed by atoms with E-state index >= 15 is 0 Å². The normalized spacial score (nSPS) is 11.8. The number of ether oxygens (including phenoxy) is 1. The van der Waals surface area contributed by atoms with Crippen molar-refractivity contribution >= 4 is 22.8 Å². The summed E-state index contributed by atoms with van der Waals surface area (Å²) in [6.45, 7) is 3.65. The lowest BCUT2D eigenvalue weighted by molar-refractivity contribution is -0.144. The molecule has 116 valence electrons. The van der Waals surface area contributed by atoms with E-state index in [1.54, 1.807) is 0 Å². The van der Waals surface area contributed by atoms with Crippen LogP contribution in [-0.2, 0) is 20.7 Å². The Labute approximate surface area is 129 Å². The third-order valence-electron chi connectivity index (χ3n) is 3.32. The van der Waals surface area contributed by atoms with E-state index in [0.29, 0.717) is 6.42 Å². The number of aromatic nitrogens is 1. The number of hydrogen-bond acceptors (Lipinski definition) is 3. The molecule has 0 fully saturated rings. The van der Waals surface area contributed by atoms with Gasteiger partial charge >= 0.3 is 5.97 Å². The van der Waals surface area contributed by atoms with Gasteiger partial charge in [0.2, 0.25) is 5.91 Å². The van der Waals surface area contributed by atoms with Gasteiger partial charge in [-0.2, -0.15) is 0 Å². The third-order valence-corrected chi connectivity index (χ3v) is 3.32. The van der Waals surface area contributed by atoms with Crippen LogP contribution in [0.2, 0.25) is 0 Å². The number of methoxy groups -OCH3 is 1. The fourth-order valence-corrected chi connectivity index (χ4v) is 2.33. The van der Waals surface area contributed by atoms with Crippen LogP contribution in [0.5, 0.6) is 0 Å². The number of fused-ring (bicyclic) bond motifs is 1. The number of nitrogens with one attached hydrogen (secondary N) is 2. The Balaban J connectivity index is 2.21. The maximum atomic E-state index is 11.9. The van der Waals surface area contributed by atoms with Crippen LogP contribution in [0.1, 0.15) is 19.4 Å². The van der Waals surface area contributed by atoms with Crippen molar-refractivity contribution in [2.75, 3.05) is 7.11 Å². The molecule has 1 amide bonds. The minimum absolute atomic E-state index is 0.296. The predicted octanol–water partition coefficient (Wildman–Crippen LogP) is 2.33. The molecule has 22 heavy (non-hydrogen) atoms. The number of hydrogen-bond donors (Lipinski definition) is 2. The lowest BCUT2D eigenvalue weighted by atomic mass is 10.0. The van der Waals surface area contributed by atoms with Crippen LogP contribution in [0.3, 0.4) is 0 Å². The Bertz CT molecular complexity index is 712. The highest BCUT2D eigenvalue weighted by atomic mass is 16.5. The zero-order valence-electron chi connectivity index (χ0n) is 13.0. The fourth-order valence-electron chi connectivity index (χ4n) is 2.33. The number of amides is 1. The Morgan fingerprint density at radius 3 is 2.73 bits per heavy atom. The van der Waals surface area contributed by atoms with Crippen LogP contribution < -0.4 is 5.32 Å². The second kappa shape index (κ2) is 6.93. The van der Waals surface area contributed by atoms with E-state index in [1.807, 2.05) is 44.3 Å². The van der Waals surface area contributed by atoms with Gasteiger partial charge in [-0.05, 0) is 25.5 Å². The van der Waals surface area contributed by atoms with Gasteiger partial charge in [0.15, 0.2) is 0 Å². The summed E-state index contributed by atoms with van der Waals surface area (Å²) in [6, 6.07) is 7.11. The van der Waals surface area contributed by atoms with Crippen LogP contribution in [0.15, 0.2) is 42.1 Å². The quantitative estimate of drug-likeness (QED) is 0.657. The van der Waals surface area contributed by atoms with Gasteiger partial charge in [0.05, 0.1) is 7.11 Å². The van der Waals surface area contributed by atoms with E-state index in [9.17, 15) is 9.59 Å². The maximum absolute atomic E-state index is 11.9. The zero-order valence-corrected chi connectivity index (χ0v) is 13.0. The number of H-pyrrole nitrogens is 1. The molecule has 0 saturated carbocycles. The van der Waals surface area contributed by atoms with Gasteiger partial charge in [0, 0.05) is 29.6 Å². The van der Waals surface area contributed by atoms with E-state index in [0.717, 1.165) is 22.0 Å². The summed E-state index contributed by atoms with van der Waals surface area (Å²) in [6.07, 6.45) is 3.69. The van der Waals surface area contributed by atoms with E-state index in [1.165, 1.54) is 13.2 Å². The van der Waals surface area contributed by atoms with Crippen LogP contribution in [-0.4, -0.2) is 30.0 Å². The van der Waals surface area contributed by atoms with Gasteiger partial charge in [-0.1, -0.05) is 23.8 Å². The molecule has 5 heteroatoms. The lowest BCUT2D eigenvalue weighted by Gasteiger charge is -2.15. The Morgan fingerprint density at radius 2 is 2.05 bits per heavy atom. The largest absolute Gasteiger partial charge is 0.467 e. The Kier molecular flexibility index (Phi) is 4.99. The van der Waals surface area contributed by atoms with Gasteiger partial charge in [0.1, 0.15) is 6.04 Å². The summed E-state index contributed by atoms with van der Waals surface area (Å²) in [7, 11) is 1.32. The zero-order chi connectivity index (χ0) is 16.1. The first-order valence-electron chi connectivity index (χ1n) is 7.09. The molecule has 0 aliphatic heterocycles. The minimum Gasteiger partial charge on any atom is -0.467 e. The van der Waals surface area contributed by atoms with Gasteiger partial charge < -0.3 is 15.0 Å². The molecule has 1 aromatic heterocycles. The van der Waals surface area contributed by atoms with E-state index in [-0.39, 0.29) is 5.91 Å². The Morgan fingerprint density at radius 1 is 1.32 bits per heavy atom. The molecule has 1 aromatic carbocycles. The molecule has 5 nitrogen and oxygen atoms in total. The number of benzene rings is 1. The maximum Gasteiger partial charge on any atom is 0.328 e. The second-order valence-electron chi connectivity index (χ2n) is 5.37. The Hall–Kier alpha value is -2.56. The first kappa shape index (κ1) is 15.8. The van der Waals surface area contributed by atoms with Crippen molar-refractivity contribution < 1.29 is 14.3 Å². The molecule has 0 radical (unpaired) electrons. The van der Waals surface area contributed by atoms with Gasteiger partial charge in [0.25, 0.3) is 0 Å². The molecule has 1 atom stereocenters. The monoisotopic (exact) mass is 300 g/mol. The van der Waals surface area contributed by atoms with Crippen molar-refractivity contribution in [3.8, 4) is 0 Å². The number of carbonyl (C=O) groups excluding carboxylic acids is 2. The van der Waals surface area contributed by atoms with Crippen LogP contribution in [0.4, 0.5) is 0 Å². The van der Waals surface area contributed by atoms with Crippen molar-refractivity contribution in [3.63, 3.8) is 0 Å². The SMILES string of the molecule is COC(=O)C(Cc1c[nH]c2ccccc12)NC(=O)C=C(C)C. The molecular formula is C17H20N2O3. The molecule has 0 aliphatic carbocycles. The average Bonchev–Trinajstić information content (AvgIpc) is 2.88. The highest BCUT2D eigenvalue weighted by Crippen LogP contribution is 2.19. The van der Waals surface area contributed by atoms with Crippen molar-refractivity contribution in [2.45, 2.75) is 26.3 Å². The molecule has 2 N–H and O–H groups in total. The predicted molar refractivity (Wildman–Crippen MR) is 85.4 cm³/mol. The van der Waals surface area contributed by atoms with Crippen LogP contribution in [0.25, 0.3) is 10.9 Å². The summed E-state index contributed by atoms with van der Waals surface area (Å²) in [5.74, 6) is -0.754. The summed E-state index contributed by atoms with van der Waals surface area (Å²) in [4.78, 5) is 27.0. The van der Waals surface area contributed by atoms with Crippen molar-refractivity contribution in [1.82, 2.24) is 10.3 Å². The van der Waals surface area contributed by atoms with Crippen LogP contribution >= 0.6 is 0 Å². The number of aromatic amines is 1. The molecule has 0 saturated heterocycles. The molecule has 2 aromatic rings. The van der Waals surface area contributed by atoms with Crippen molar-refractivity contribution in [2.24, 2.45) is 0 Å². The second-order valence-corrected chi connectivity index (χ2v) is 5.37. The first-order chi connectivity index (χ1) is 10.5. The first-order valence-corrected chi connectivity index (χ1v) is 7.09. The molecule has 0 spiro atoms.